The highest BCUT2D eigenvalue weighted by atomic mass is 15.1. The monoisotopic (exact) mass is 257 g/mol. The van der Waals surface area contributed by atoms with E-state index in [9.17, 15) is 0 Å². The maximum Gasteiger partial charge on any atom is 0.0446 e. The summed E-state index contributed by atoms with van der Waals surface area (Å²) in [5.41, 5.74) is 9.11. The predicted molar refractivity (Wildman–Crippen MR) is 83.7 cm³/mol. The fourth-order valence-electron chi connectivity index (χ4n) is 2.40. The molecule has 0 atom stereocenters. The van der Waals surface area contributed by atoms with Crippen LogP contribution in [0.25, 0.3) is 10.8 Å². The average Bonchev–Trinajstić information content (AvgIpc) is 2.39. The lowest BCUT2D eigenvalue weighted by Crippen LogP contribution is -2.18. The Balaban J connectivity index is 2.37. The minimum absolute atomic E-state index is 0.799. The van der Waals surface area contributed by atoms with Gasteiger partial charge in [-0.05, 0) is 31.5 Å². The molecule has 0 spiro atoms. The molecule has 0 aliphatic carbocycles. The third kappa shape index (κ3) is 2.98. The number of nitrogens with two attached hydrogens (primary N) is 1. The number of hydrogen-bond acceptors (Lipinski definition) is 3. The fourth-order valence-corrected chi connectivity index (χ4v) is 2.40. The summed E-state index contributed by atoms with van der Waals surface area (Å²) in [6.07, 6.45) is 5.63. The molecule has 0 amide bonds. The molecule has 2 aromatic rings. The summed E-state index contributed by atoms with van der Waals surface area (Å²) in [7, 11) is 2.15. The average molecular weight is 257 g/mol. The molecule has 1 aromatic carbocycles. The molecule has 0 aliphatic heterocycles. The largest absolute Gasteiger partial charge is 0.398 e. The van der Waals surface area contributed by atoms with Crippen molar-refractivity contribution in [1.82, 2.24) is 4.98 Å². The van der Waals surface area contributed by atoms with E-state index in [0.717, 1.165) is 23.3 Å². The number of fused-ring (bicyclic) bond motifs is 1. The Morgan fingerprint density at radius 2 is 2.00 bits per heavy atom. The summed E-state index contributed by atoms with van der Waals surface area (Å²) in [5, 5.41) is 2.25. The lowest BCUT2D eigenvalue weighted by molar-refractivity contribution is 0.706. The van der Waals surface area contributed by atoms with Crippen LogP contribution >= 0.6 is 0 Å². The summed E-state index contributed by atoms with van der Waals surface area (Å²) >= 11 is 0. The van der Waals surface area contributed by atoms with Gasteiger partial charge in [-0.2, -0.15) is 0 Å². The van der Waals surface area contributed by atoms with E-state index in [-0.39, 0.29) is 0 Å². The second kappa shape index (κ2) is 5.91. The first kappa shape index (κ1) is 13.7. The van der Waals surface area contributed by atoms with Gasteiger partial charge in [-0.25, -0.2) is 0 Å². The smallest absolute Gasteiger partial charge is 0.0446 e. The van der Waals surface area contributed by atoms with Gasteiger partial charge in [0, 0.05) is 47.6 Å². The van der Waals surface area contributed by atoms with Gasteiger partial charge in [0.15, 0.2) is 0 Å². The van der Waals surface area contributed by atoms with Gasteiger partial charge in [-0.15, -0.1) is 0 Å². The Bertz CT molecular complexity index is 563. The number of rotatable bonds is 5. The third-order valence-electron chi connectivity index (χ3n) is 3.56. The number of hydrogen-bond donors (Lipinski definition) is 1. The van der Waals surface area contributed by atoms with Crippen LogP contribution in [-0.2, 0) is 0 Å². The molecule has 0 radical (unpaired) electrons. The zero-order chi connectivity index (χ0) is 13.8. The molecule has 3 nitrogen and oxygen atoms in total. The van der Waals surface area contributed by atoms with E-state index < -0.39 is 0 Å². The Hall–Kier alpha value is -1.77. The second-order valence-electron chi connectivity index (χ2n) is 5.17. The molecule has 0 bridgehead atoms. The zero-order valence-corrected chi connectivity index (χ0v) is 12.1. The van der Waals surface area contributed by atoms with Crippen molar-refractivity contribution >= 4 is 22.1 Å². The van der Waals surface area contributed by atoms with E-state index in [1.165, 1.54) is 30.3 Å². The van der Waals surface area contributed by atoms with Crippen molar-refractivity contribution in [1.29, 1.82) is 0 Å². The Morgan fingerprint density at radius 1 is 1.21 bits per heavy atom. The van der Waals surface area contributed by atoms with Crippen molar-refractivity contribution in [3.8, 4) is 0 Å². The van der Waals surface area contributed by atoms with Crippen LogP contribution in [0.2, 0.25) is 0 Å². The summed E-state index contributed by atoms with van der Waals surface area (Å²) in [6.45, 7) is 5.32. The Morgan fingerprint density at radius 3 is 2.74 bits per heavy atom. The molecule has 0 aliphatic rings. The predicted octanol–water partition coefficient (Wildman–Crippen LogP) is 3.75. The molecule has 102 valence electrons. The van der Waals surface area contributed by atoms with Gasteiger partial charge in [-0.1, -0.05) is 19.8 Å². The SMILES string of the molecule is CCCCCN(C)c1ccc(N)c2cnc(C)cc12. The molecule has 19 heavy (non-hydrogen) atoms. The van der Waals surface area contributed by atoms with E-state index in [1.54, 1.807) is 0 Å². The lowest BCUT2D eigenvalue weighted by atomic mass is 10.1. The zero-order valence-electron chi connectivity index (χ0n) is 12.1. The molecule has 2 rings (SSSR count). The molecule has 0 unspecified atom stereocenters. The minimum atomic E-state index is 0.799. The van der Waals surface area contributed by atoms with Crippen LogP contribution in [0, 0.1) is 6.92 Å². The van der Waals surface area contributed by atoms with Crippen LogP contribution in [0.4, 0.5) is 11.4 Å². The van der Waals surface area contributed by atoms with Crippen molar-refractivity contribution in [2.75, 3.05) is 24.2 Å². The number of pyridine rings is 1. The first-order chi connectivity index (χ1) is 9.13. The van der Waals surface area contributed by atoms with E-state index in [0.29, 0.717) is 0 Å². The molecule has 0 fully saturated rings. The molecular formula is C16H23N3. The highest BCUT2D eigenvalue weighted by Gasteiger charge is 2.08. The summed E-state index contributed by atoms with van der Waals surface area (Å²) in [5.74, 6) is 0. The quantitative estimate of drug-likeness (QED) is 0.655. The number of unbranched alkanes of at least 4 members (excludes halogenated alkanes) is 2. The summed E-state index contributed by atoms with van der Waals surface area (Å²) in [6, 6.07) is 6.21. The second-order valence-corrected chi connectivity index (χ2v) is 5.17. The maximum atomic E-state index is 6.04. The number of nitrogen functional groups attached to an aromatic ring is 1. The van der Waals surface area contributed by atoms with E-state index in [2.05, 4.69) is 36.0 Å². The standard InChI is InChI=1S/C16H23N3/c1-4-5-6-9-19(3)16-8-7-15(17)14-11-18-12(2)10-13(14)16/h7-8,10-11H,4-6,9,17H2,1-3H3. The van der Waals surface area contributed by atoms with Crippen molar-refractivity contribution in [3.05, 3.63) is 30.1 Å². The van der Waals surface area contributed by atoms with Crippen LogP contribution in [0.5, 0.6) is 0 Å². The highest BCUT2D eigenvalue weighted by molar-refractivity contribution is 6.01. The molecule has 3 heteroatoms. The van der Waals surface area contributed by atoms with Gasteiger partial charge in [-0.3, -0.25) is 4.98 Å². The van der Waals surface area contributed by atoms with Crippen molar-refractivity contribution in [2.45, 2.75) is 33.1 Å². The first-order valence-corrected chi connectivity index (χ1v) is 6.99. The number of benzene rings is 1. The van der Waals surface area contributed by atoms with E-state index in [1.807, 2.05) is 19.2 Å². The van der Waals surface area contributed by atoms with Crippen LogP contribution in [0.15, 0.2) is 24.4 Å². The normalized spacial score (nSPS) is 10.9. The first-order valence-electron chi connectivity index (χ1n) is 6.99. The van der Waals surface area contributed by atoms with Crippen LogP contribution in [0.3, 0.4) is 0 Å². The molecule has 1 heterocycles. The number of nitrogens with zero attached hydrogens (tertiary/aromatic N) is 2. The van der Waals surface area contributed by atoms with Crippen molar-refractivity contribution in [2.24, 2.45) is 0 Å². The molecule has 2 N–H and O–H groups in total. The summed E-state index contributed by atoms with van der Waals surface area (Å²) < 4.78 is 0. The molecular weight excluding hydrogens is 234 g/mol. The van der Waals surface area contributed by atoms with E-state index in [4.69, 9.17) is 5.73 Å². The van der Waals surface area contributed by atoms with Gasteiger partial charge in [0.25, 0.3) is 0 Å². The number of anilines is 2. The van der Waals surface area contributed by atoms with Gasteiger partial charge in [0.1, 0.15) is 0 Å². The van der Waals surface area contributed by atoms with Crippen molar-refractivity contribution in [3.63, 3.8) is 0 Å². The number of aryl methyl sites for hydroxylation is 1. The fraction of sp³-hybridized carbons (Fsp3) is 0.438. The Labute approximate surface area is 115 Å². The van der Waals surface area contributed by atoms with Crippen LogP contribution in [-0.4, -0.2) is 18.6 Å². The summed E-state index contributed by atoms with van der Waals surface area (Å²) in [4.78, 5) is 6.66. The van der Waals surface area contributed by atoms with Crippen LogP contribution in [0.1, 0.15) is 31.9 Å². The van der Waals surface area contributed by atoms with Crippen LogP contribution < -0.4 is 10.6 Å². The molecule has 0 saturated heterocycles. The molecule has 0 saturated carbocycles. The topological polar surface area (TPSA) is 42.1 Å². The number of aromatic nitrogens is 1. The lowest BCUT2D eigenvalue weighted by Gasteiger charge is -2.22. The Kier molecular flexibility index (Phi) is 4.25. The van der Waals surface area contributed by atoms with E-state index >= 15 is 0 Å². The third-order valence-corrected chi connectivity index (χ3v) is 3.56. The van der Waals surface area contributed by atoms with Gasteiger partial charge in [0.2, 0.25) is 0 Å². The van der Waals surface area contributed by atoms with Gasteiger partial charge in [0.05, 0.1) is 0 Å². The maximum absolute atomic E-state index is 6.04. The van der Waals surface area contributed by atoms with Crippen molar-refractivity contribution < 1.29 is 0 Å². The minimum Gasteiger partial charge on any atom is -0.398 e. The highest BCUT2D eigenvalue weighted by Crippen LogP contribution is 2.30. The molecule has 1 aromatic heterocycles. The van der Waals surface area contributed by atoms with Gasteiger partial charge >= 0.3 is 0 Å². The van der Waals surface area contributed by atoms with Gasteiger partial charge < -0.3 is 10.6 Å².